The number of amides is 1. The van der Waals surface area contributed by atoms with Crippen LogP contribution in [0.1, 0.15) is 30.8 Å². The molecule has 0 unspecified atom stereocenters. The molecule has 3 nitrogen and oxygen atoms in total. The number of carbonyl (C=O) groups excluding carboxylic acids is 1. The molecule has 13 heavy (non-hydrogen) atoms. The standard InChI is InChI=1S/C10H15NO2/c1-8(2)5-6-11-10(12)9-4-3-7-13-9/h3-4,7-8H,5-6H2,1-2H3,(H,11,12). The van der Waals surface area contributed by atoms with Crippen LogP contribution in [0.25, 0.3) is 0 Å². The molecule has 1 heterocycles. The predicted molar refractivity (Wildman–Crippen MR) is 50.5 cm³/mol. The van der Waals surface area contributed by atoms with E-state index in [0.717, 1.165) is 6.42 Å². The zero-order valence-corrected chi connectivity index (χ0v) is 8.04. The summed E-state index contributed by atoms with van der Waals surface area (Å²) in [7, 11) is 0. The number of hydrogen-bond donors (Lipinski definition) is 1. The van der Waals surface area contributed by atoms with E-state index >= 15 is 0 Å². The Morgan fingerprint density at radius 2 is 2.38 bits per heavy atom. The van der Waals surface area contributed by atoms with Crippen molar-refractivity contribution in [2.24, 2.45) is 5.92 Å². The maximum Gasteiger partial charge on any atom is 0.286 e. The highest BCUT2D eigenvalue weighted by Crippen LogP contribution is 2.00. The molecule has 72 valence electrons. The van der Waals surface area contributed by atoms with E-state index in [4.69, 9.17) is 4.42 Å². The van der Waals surface area contributed by atoms with Crippen LogP contribution in [-0.2, 0) is 0 Å². The highest BCUT2D eigenvalue weighted by molar-refractivity contribution is 5.91. The van der Waals surface area contributed by atoms with Gasteiger partial charge in [0, 0.05) is 6.54 Å². The smallest absolute Gasteiger partial charge is 0.286 e. The normalized spacial score (nSPS) is 10.4. The lowest BCUT2D eigenvalue weighted by atomic mass is 10.1. The summed E-state index contributed by atoms with van der Waals surface area (Å²) in [5.41, 5.74) is 0. The number of carbonyl (C=O) groups is 1. The van der Waals surface area contributed by atoms with Crippen molar-refractivity contribution in [2.45, 2.75) is 20.3 Å². The molecule has 1 aromatic rings. The van der Waals surface area contributed by atoms with E-state index in [2.05, 4.69) is 19.2 Å². The summed E-state index contributed by atoms with van der Waals surface area (Å²) < 4.78 is 4.94. The minimum Gasteiger partial charge on any atom is -0.459 e. The minimum absolute atomic E-state index is 0.134. The van der Waals surface area contributed by atoms with Gasteiger partial charge in [-0.05, 0) is 24.5 Å². The molecule has 1 amide bonds. The van der Waals surface area contributed by atoms with Gasteiger partial charge in [0.25, 0.3) is 5.91 Å². The van der Waals surface area contributed by atoms with Crippen LogP contribution in [0.3, 0.4) is 0 Å². The van der Waals surface area contributed by atoms with Gasteiger partial charge < -0.3 is 9.73 Å². The average molecular weight is 181 g/mol. The van der Waals surface area contributed by atoms with Crippen molar-refractivity contribution in [3.8, 4) is 0 Å². The van der Waals surface area contributed by atoms with E-state index in [0.29, 0.717) is 18.2 Å². The first-order valence-electron chi connectivity index (χ1n) is 4.52. The van der Waals surface area contributed by atoms with E-state index < -0.39 is 0 Å². The maximum absolute atomic E-state index is 11.3. The molecule has 1 rings (SSSR count). The van der Waals surface area contributed by atoms with Gasteiger partial charge in [-0.1, -0.05) is 13.8 Å². The van der Waals surface area contributed by atoms with Gasteiger partial charge in [0.1, 0.15) is 0 Å². The summed E-state index contributed by atoms with van der Waals surface area (Å²) in [5, 5.41) is 2.78. The molecular weight excluding hydrogens is 166 g/mol. The van der Waals surface area contributed by atoms with Gasteiger partial charge in [0.2, 0.25) is 0 Å². The van der Waals surface area contributed by atoms with Gasteiger partial charge in [-0.2, -0.15) is 0 Å². The summed E-state index contributed by atoms with van der Waals surface area (Å²) in [4.78, 5) is 11.3. The number of nitrogens with one attached hydrogen (secondary N) is 1. The summed E-state index contributed by atoms with van der Waals surface area (Å²) in [5.74, 6) is 0.853. The first-order chi connectivity index (χ1) is 6.20. The van der Waals surface area contributed by atoms with Gasteiger partial charge in [0.15, 0.2) is 5.76 Å². The molecule has 0 aliphatic heterocycles. The van der Waals surface area contributed by atoms with Crippen molar-refractivity contribution in [2.75, 3.05) is 6.54 Å². The van der Waals surface area contributed by atoms with Gasteiger partial charge in [-0.15, -0.1) is 0 Å². The summed E-state index contributed by atoms with van der Waals surface area (Å²) in [6.45, 7) is 4.95. The second-order valence-corrected chi connectivity index (χ2v) is 3.42. The Morgan fingerprint density at radius 3 is 2.92 bits per heavy atom. The molecule has 0 atom stereocenters. The van der Waals surface area contributed by atoms with Crippen molar-refractivity contribution in [1.29, 1.82) is 0 Å². The van der Waals surface area contributed by atoms with Crippen molar-refractivity contribution >= 4 is 5.91 Å². The maximum atomic E-state index is 11.3. The molecule has 0 saturated carbocycles. The molecule has 0 bridgehead atoms. The van der Waals surface area contributed by atoms with Gasteiger partial charge >= 0.3 is 0 Å². The van der Waals surface area contributed by atoms with Crippen molar-refractivity contribution in [1.82, 2.24) is 5.32 Å². The van der Waals surface area contributed by atoms with Crippen molar-refractivity contribution in [3.05, 3.63) is 24.2 Å². The molecule has 0 radical (unpaired) electrons. The van der Waals surface area contributed by atoms with Crippen molar-refractivity contribution < 1.29 is 9.21 Å². The number of rotatable bonds is 4. The molecule has 0 aliphatic rings. The lowest BCUT2D eigenvalue weighted by molar-refractivity contribution is 0.0924. The van der Waals surface area contributed by atoms with E-state index in [-0.39, 0.29) is 5.91 Å². The lowest BCUT2D eigenvalue weighted by Crippen LogP contribution is -2.24. The third kappa shape index (κ3) is 3.32. The minimum atomic E-state index is -0.134. The fourth-order valence-corrected chi connectivity index (χ4v) is 0.969. The summed E-state index contributed by atoms with van der Waals surface area (Å²) >= 11 is 0. The molecule has 3 heteroatoms. The average Bonchev–Trinajstić information content (AvgIpc) is 2.55. The first kappa shape index (κ1) is 9.84. The molecule has 0 saturated heterocycles. The van der Waals surface area contributed by atoms with Gasteiger partial charge in [0.05, 0.1) is 6.26 Å². The SMILES string of the molecule is CC(C)CCNC(=O)c1ccco1. The van der Waals surface area contributed by atoms with Crippen LogP contribution >= 0.6 is 0 Å². The summed E-state index contributed by atoms with van der Waals surface area (Å²) in [6, 6.07) is 3.36. The van der Waals surface area contributed by atoms with Crippen LogP contribution in [-0.4, -0.2) is 12.5 Å². The third-order valence-corrected chi connectivity index (χ3v) is 1.75. The molecule has 0 aliphatic carbocycles. The Labute approximate surface area is 78.1 Å². The fourth-order valence-electron chi connectivity index (χ4n) is 0.969. The highest BCUT2D eigenvalue weighted by Gasteiger charge is 2.06. The summed E-state index contributed by atoms with van der Waals surface area (Å²) in [6.07, 6.45) is 2.49. The van der Waals surface area contributed by atoms with E-state index in [1.807, 2.05) is 0 Å². The number of hydrogen-bond acceptors (Lipinski definition) is 2. The zero-order chi connectivity index (χ0) is 9.68. The molecule has 1 N–H and O–H groups in total. The quantitative estimate of drug-likeness (QED) is 0.772. The molecular formula is C10H15NO2. The van der Waals surface area contributed by atoms with Crippen LogP contribution in [0, 0.1) is 5.92 Å². The Kier molecular flexibility index (Phi) is 3.55. The second-order valence-electron chi connectivity index (χ2n) is 3.42. The Balaban J connectivity index is 2.27. The van der Waals surface area contributed by atoms with Crippen LogP contribution < -0.4 is 5.32 Å². The van der Waals surface area contributed by atoms with Gasteiger partial charge in [-0.25, -0.2) is 0 Å². The van der Waals surface area contributed by atoms with Crippen LogP contribution in [0.5, 0.6) is 0 Å². The fraction of sp³-hybridized carbons (Fsp3) is 0.500. The van der Waals surface area contributed by atoms with Crippen LogP contribution in [0.15, 0.2) is 22.8 Å². The molecule has 0 spiro atoms. The van der Waals surface area contributed by atoms with Gasteiger partial charge in [-0.3, -0.25) is 4.79 Å². The number of furan rings is 1. The lowest BCUT2D eigenvalue weighted by Gasteiger charge is -2.04. The predicted octanol–water partition coefficient (Wildman–Crippen LogP) is 2.06. The topological polar surface area (TPSA) is 42.2 Å². The molecule has 0 aromatic carbocycles. The van der Waals surface area contributed by atoms with Crippen LogP contribution in [0.2, 0.25) is 0 Å². The molecule has 0 fully saturated rings. The molecule has 1 aromatic heterocycles. The second kappa shape index (κ2) is 4.70. The third-order valence-electron chi connectivity index (χ3n) is 1.75. The first-order valence-corrected chi connectivity index (χ1v) is 4.52. The largest absolute Gasteiger partial charge is 0.459 e. The monoisotopic (exact) mass is 181 g/mol. The Bertz CT molecular complexity index is 252. The Morgan fingerprint density at radius 1 is 1.62 bits per heavy atom. The van der Waals surface area contributed by atoms with E-state index in [1.165, 1.54) is 6.26 Å². The highest BCUT2D eigenvalue weighted by atomic mass is 16.3. The van der Waals surface area contributed by atoms with Crippen molar-refractivity contribution in [3.63, 3.8) is 0 Å². The Hall–Kier alpha value is -1.25. The van der Waals surface area contributed by atoms with E-state index in [1.54, 1.807) is 12.1 Å². The van der Waals surface area contributed by atoms with E-state index in [9.17, 15) is 4.79 Å². The zero-order valence-electron chi connectivity index (χ0n) is 8.04. The van der Waals surface area contributed by atoms with Crippen LogP contribution in [0.4, 0.5) is 0 Å².